The highest BCUT2D eigenvalue weighted by Crippen LogP contribution is 2.49. The van der Waals surface area contributed by atoms with Crippen molar-refractivity contribution in [3.63, 3.8) is 0 Å². The molecule has 1 rings (SSSR count). The molecular formula is C14H31N3O2S. The lowest BCUT2D eigenvalue weighted by atomic mass is 10.0. The molecule has 0 spiro atoms. The lowest BCUT2D eigenvalue weighted by Crippen LogP contribution is -2.41. The summed E-state index contributed by atoms with van der Waals surface area (Å²) in [6.07, 6.45) is 5.39. The molecule has 0 unspecified atom stereocenters. The fourth-order valence-electron chi connectivity index (χ4n) is 2.39. The van der Waals surface area contributed by atoms with Gasteiger partial charge in [-0.3, -0.25) is 0 Å². The minimum absolute atomic E-state index is 0.252. The standard InChI is InChI=1S/C14H31N3O2S/c1-5-7-14(8-9-14)12-16-20(18,19)17(4)11-6-10-15-13(2)3/h13,15-16H,5-12H2,1-4H3. The molecule has 20 heavy (non-hydrogen) atoms. The van der Waals surface area contributed by atoms with E-state index in [9.17, 15) is 8.42 Å². The second-order valence-corrected chi connectivity index (χ2v) is 8.22. The Kier molecular flexibility index (Phi) is 6.91. The second kappa shape index (κ2) is 7.73. The van der Waals surface area contributed by atoms with Crippen molar-refractivity contribution in [1.82, 2.24) is 14.3 Å². The summed E-state index contributed by atoms with van der Waals surface area (Å²) in [5, 5.41) is 3.29. The topological polar surface area (TPSA) is 61.4 Å². The maximum atomic E-state index is 12.1. The molecule has 0 aromatic heterocycles. The molecule has 0 radical (unpaired) electrons. The van der Waals surface area contributed by atoms with Crippen LogP contribution >= 0.6 is 0 Å². The maximum Gasteiger partial charge on any atom is 0.279 e. The van der Waals surface area contributed by atoms with E-state index in [0.717, 1.165) is 38.6 Å². The summed E-state index contributed by atoms with van der Waals surface area (Å²) in [4.78, 5) is 0. The molecule has 0 heterocycles. The summed E-state index contributed by atoms with van der Waals surface area (Å²) < 4.78 is 28.5. The fourth-order valence-corrected chi connectivity index (χ4v) is 3.47. The van der Waals surface area contributed by atoms with Crippen LogP contribution in [-0.2, 0) is 10.2 Å². The first-order chi connectivity index (χ1) is 9.31. The number of nitrogens with one attached hydrogen (secondary N) is 2. The molecule has 1 aliphatic rings. The summed E-state index contributed by atoms with van der Waals surface area (Å²) in [6.45, 7) is 8.32. The van der Waals surface area contributed by atoms with Crippen LogP contribution in [0.1, 0.15) is 52.9 Å². The van der Waals surface area contributed by atoms with Crippen LogP contribution in [0, 0.1) is 5.41 Å². The van der Waals surface area contributed by atoms with Gasteiger partial charge in [0.1, 0.15) is 0 Å². The molecule has 6 heteroatoms. The van der Waals surface area contributed by atoms with Gasteiger partial charge in [0.15, 0.2) is 0 Å². The first-order valence-electron chi connectivity index (χ1n) is 7.76. The van der Waals surface area contributed by atoms with Crippen LogP contribution in [0.5, 0.6) is 0 Å². The highest BCUT2D eigenvalue weighted by atomic mass is 32.2. The molecule has 0 aliphatic heterocycles. The van der Waals surface area contributed by atoms with Gasteiger partial charge in [-0.05, 0) is 37.6 Å². The maximum absolute atomic E-state index is 12.1. The van der Waals surface area contributed by atoms with Crippen molar-refractivity contribution in [3.8, 4) is 0 Å². The average Bonchev–Trinajstić information content (AvgIpc) is 3.13. The lowest BCUT2D eigenvalue weighted by molar-refractivity contribution is 0.414. The normalized spacial score (nSPS) is 17.9. The summed E-state index contributed by atoms with van der Waals surface area (Å²) >= 11 is 0. The third kappa shape index (κ3) is 6.08. The zero-order valence-corrected chi connectivity index (χ0v) is 14.2. The average molecular weight is 305 g/mol. The molecule has 0 atom stereocenters. The zero-order chi connectivity index (χ0) is 15.2. The van der Waals surface area contributed by atoms with Gasteiger partial charge >= 0.3 is 0 Å². The van der Waals surface area contributed by atoms with Crippen molar-refractivity contribution in [2.45, 2.75) is 58.9 Å². The van der Waals surface area contributed by atoms with E-state index >= 15 is 0 Å². The summed E-state index contributed by atoms with van der Waals surface area (Å²) in [5.41, 5.74) is 0.252. The van der Waals surface area contributed by atoms with Gasteiger partial charge in [0, 0.05) is 26.2 Å². The summed E-state index contributed by atoms with van der Waals surface area (Å²) in [5.74, 6) is 0. The third-order valence-corrected chi connectivity index (χ3v) is 5.49. The Balaban J connectivity index is 2.28. The van der Waals surface area contributed by atoms with Gasteiger partial charge in [0.25, 0.3) is 10.2 Å². The van der Waals surface area contributed by atoms with Crippen molar-refractivity contribution in [3.05, 3.63) is 0 Å². The Morgan fingerprint density at radius 1 is 1.30 bits per heavy atom. The molecule has 0 aromatic rings. The van der Waals surface area contributed by atoms with Gasteiger partial charge in [-0.1, -0.05) is 27.2 Å². The molecule has 1 aliphatic carbocycles. The predicted octanol–water partition coefficient (Wildman–Crippen LogP) is 1.72. The number of rotatable bonds is 11. The molecule has 0 amide bonds. The number of hydrogen-bond acceptors (Lipinski definition) is 3. The first kappa shape index (κ1) is 17.9. The third-order valence-electron chi connectivity index (χ3n) is 3.98. The summed E-state index contributed by atoms with van der Waals surface area (Å²) in [6, 6.07) is 0.443. The van der Waals surface area contributed by atoms with Gasteiger partial charge < -0.3 is 5.32 Å². The van der Waals surface area contributed by atoms with Crippen molar-refractivity contribution >= 4 is 10.2 Å². The first-order valence-corrected chi connectivity index (χ1v) is 9.20. The molecule has 1 fully saturated rings. The van der Waals surface area contributed by atoms with Gasteiger partial charge in [0.2, 0.25) is 0 Å². The van der Waals surface area contributed by atoms with E-state index in [0.29, 0.717) is 19.1 Å². The van der Waals surface area contributed by atoms with E-state index in [1.54, 1.807) is 7.05 Å². The van der Waals surface area contributed by atoms with Crippen molar-refractivity contribution in [2.24, 2.45) is 5.41 Å². The van der Waals surface area contributed by atoms with Gasteiger partial charge in [-0.25, -0.2) is 4.72 Å². The number of hydrogen-bond donors (Lipinski definition) is 2. The molecule has 2 N–H and O–H groups in total. The van der Waals surface area contributed by atoms with Crippen molar-refractivity contribution in [1.29, 1.82) is 0 Å². The van der Waals surface area contributed by atoms with Crippen LogP contribution in [0.15, 0.2) is 0 Å². The smallest absolute Gasteiger partial charge is 0.279 e. The molecular weight excluding hydrogens is 274 g/mol. The van der Waals surface area contributed by atoms with E-state index < -0.39 is 10.2 Å². The molecule has 120 valence electrons. The Morgan fingerprint density at radius 3 is 2.45 bits per heavy atom. The Morgan fingerprint density at radius 2 is 1.95 bits per heavy atom. The van der Waals surface area contributed by atoms with Crippen LogP contribution in [0.25, 0.3) is 0 Å². The van der Waals surface area contributed by atoms with E-state index in [1.165, 1.54) is 4.31 Å². The van der Waals surface area contributed by atoms with E-state index in [4.69, 9.17) is 0 Å². The minimum atomic E-state index is -3.32. The highest BCUT2D eigenvalue weighted by molar-refractivity contribution is 7.87. The van der Waals surface area contributed by atoms with Gasteiger partial charge in [-0.15, -0.1) is 0 Å². The minimum Gasteiger partial charge on any atom is -0.314 e. The Hall–Kier alpha value is -0.170. The molecule has 0 aromatic carbocycles. The quantitative estimate of drug-likeness (QED) is 0.571. The predicted molar refractivity (Wildman–Crippen MR) is 83.9 cm³/mol. The molecule has 0 saturated heterocycles. The van der Waals surface area contributed by atoms with Crippen molar-refractivity contribution < 1.29 is 8.42 Å². The van der Waals surface area contributed by atoms with E-state index in [2.05, 4.69) is 30.8 Å². The summed E-state index contributed by atoms with van der Waals surface area (Å²) in [7, 11) is -1.67. The Labute approximate surface area is 124 Å². The molecule has 5 nitrogen and oxygen atoms in total. The second-order valence-electron chi connectivity index (χ2n) is 6.36. The van der Waals surface area contributed by atoms with Crippen LogP contribution < -0.4 is 10.0 Å². The van der Waals surface area contributed by atoms with Gasteiger partial charge in [0.05, 0.1) is 0 Å². The van der Waals surface area contributed by atoms with Crippen LogP contribution in [0.3, 0.4) is 0 Å². The zero-order valence-electron chi connectivity index (χ0n) is 13.4. The van der Waals surface area contributed by atoms with Crippen LogP contribution in [0.2, 0.25) is 0 Å². The SMILES string of the molecule is CCCC1(CNS(=O)(=O)N(C)CCCNC(C)C)CC1. The van der Waals surface area contributed by atoms with E-state index in [1.807, 2.05) is 0 Å². The van der Waals surface area contributed by atoms with E-state index in [-0.39, 0.29) is 5.41 Å². The Bertz CT molecular complexity index is 378. The fraction of sp³-hybridized carbons (Fsp3) is 1.00. The largest absolute Gasteiger partial charge is 0.314 e. The monoisotopic (exact) mass is 305 g/mol. The van der Waals surface area contributed by atoms with Crippen LogP contribution in [0.4, 0.5) is 0 Å². The van der Waals surface area contributed by atoms with Gasteiger partial charge in [-0.2, -0.15) is 12.7 Å². The molecule has 1 saturated carbocycles. The number of nitrogens with zero attached hydrogens (tertiary/aromatic N) is 1. The van der Waals surface area contributed by atoms with Crippen LogP contribution in [-0.4, -0.2) is 45.4 Å². The lowest BCUT2D eigenvalue weighted by Gasteiger charge is -2.21. The molecule has 0 bridgehead atoms. The van der Waals surface area contributed by atoms with Crippen molar-refractivity contribution in [2.75, 3.05) is 26.7 Å². The highest BCUT2D eigenvalue weighted by Gasteiger charge is 2.42.